The van der Waals surface area contributed by atoms with Crippen molar-refractivity contribution in [3.63, 3.8) is 0 Å². The molecule has 0 aromatic carbocycles. The van der Waals surface area contributed by atoms with Crippen molar-refractivity contribution in [3.05, 3.63) is 17.5 Å². The smallest absolute Gasteiger partial charge is 0.255 e. The van der Waals surface area contributed by atoms with Gasteiger partial charge in [-0.05, 0) is 13.3 Å². The van der Waals surface area contributed by atoms with Crippen LogP contribution in [-0.2, 0) is 11.8 Å². The summed E-state index contributed by atoms with van der Waals surface area (Å²) in [7, 11) is 3.40. The summed E-state index contributed by atoms with van der Waals surface area (Å²) in [6.07, 6.45) is 2.25. The first kappa shape index (κ1) is 14.0. The first-order valence-corrected chi connectivity index (χ1v) is 5.98. The zero-order chi connectivity index (χ0) is 12.8. The Morgan fingerprint density at radius 2 is 2.41 bits per heavy atom. The lowest BCUT2D eigenvalue weighted by molar-refractivity contribution is 0.0894. The molecule has 1 atom stereocenters. The third-order valence-corrected chi connectivity index (χ3v) is 2.86. The highest BCUT2D eigenvalue weighted by Gasteiger charge is 2.16. The number of nitrogens with zero attached hydrogens (tertiary/aromatic N) is 2. The van der Waals surface area contributed by atoms with Crippen molar-refractivity contribution in [3.8, 4) is 0 Å². The summed E-state index contributed by atoms with van der Waals surface area (Å²) in [5.74, 6) is 0.350. The fourth-order valence-electron chi connectivity index (χ4n) is 1.51. The van der Waals surface area contributed by atoms with Gasteiger partial charge in [-0.3, -0.25) is 9.48 Å². The van der Waals surface area contributed by atoms with E-state index in [1.165, 1.54) is 0 Å². The fraction of sp³-hybridized carbons (Fsp3) is 0.636. The average molecular weight is 260 g/mol. The molecule has 1 heterocycles. The van der Waals surface area contributed by atoms with E-state index in [0.717, 1.165) is 5.69 Å². The maximum atomic E-state index is 12.0. The molecular weight excluding hydrogens is 242 g/mol. The van der Waals surface area contributed by atoms with E-state index < -0.39 is 0 Å². The molecule has 0 radical (unpaired) electrons. The lowest BCUT2D eigenvalue weighted by Gasteiger charge is -2.16. The molecule has 1 N–H and O–H groups in total. The van der Waals surface area contributed by atoms with Crippen LogP contribution in [0.25, 0.3) is 0 Å². The lowest BCUT2D eigenvalue weighted by atomic mass is 10.2. The third kappa shape index (κ3) is 3.71. The van der Waals surface area contributed by atoms with Gasteiger partial charge in [-0.25, -0.2) is 0 Å². The molecule has 0 fully saturated rings. The van der Waals surface area contributed by atoms with Crippen molar-refractivity contribution in [2.24, 2.45) is 7.05 Å². The number of nitrogens with one attached hydrogen (secondary N) is 1. The standard InChI is InChI=1S/C11H18ClN3O2/c1-8-10(6-13-15(8)2)11(16)14-9(4-5-12)7-17-3/h6,9H,4-5,7H2,1-3H3,(H,14,16). The van der Waals surface area contributed by atoms with E-state index in [1.54, 1.807) is 25.0 Å². The molecule has 96 valence electrons. The molecule has 6 heteroatoms. The number of amides is 1. The second-order valence-corrected chi connectivity index (χ2v) is 4.25. The molecule has 1 aromatic rings. The monoisotopic (exact) mass is 259 g/mol. The Kier molecular flexibility index (Phi) is 5.44. The highest BCUT2D eigenvalue weighted by atomic mass is 35.5. The molecule has 0 spiro atoms. The number of alkyl halides is 1. The number of rotatable bonds is 6. The minimum absolute atomic E-state index is 0.0652. The van der Waals surface area contributed by atoms with Crippen molar-refractivity contribution < 1.29 is 9.53 Å². The minimum Gasteiger partial charge on any atom is -0.383 e. The van der Waals surface area contributed by atoms with Crippen molar-refractivity contribution in [2.45, 2.75) is 19.4 Å². The number of ether oxygens (including phenoxy) is 1. The van der Waals surface area contributed by atoms with Crippen molar-refractivity contribution in [1.82, 2.24) is 15.1 Å². The van der Waals surface area contributed by atoms with E-state index in [9.17, 15) is 4.79 Å². The van der Waals surface area contributed by atoms with E-state index in [0.29, 0.717) is 24.5 Å². The van der Waals surface area contributed by atoms with Gasteiger partial charge in [-0.2, -0.15) is 5.10 Å². The number of aromatic nitrogens is 2. The zero-order valence-electron chi connectivity index (χ0n) is 10.4. The van der Waals surface area contributed by atoms with E-state index in [-0.39, 0.29) is 11.9 Å². The molecular formula is C11H18ClN3O2. The predicted molar refractivity (Wildman–Crippen MR) is 66.4 cm³/mol. The van der Waals surface area contributed by atoms with Crippen LogP contribution in [0.1, 0.15) is 22.5 Å². The van der Waals surface area contributed by atoms with E-state index >= 15 is 0 Å². The molecule has 0 saturated carbocycles. The Morgan fingerprint density at radius 3 is 2.88 bits per heavy atom. The topological polar surface area (TPSA) is 56.1 Å². The zero-order valence-corrected chi connectivity index (χ0v) is 11.1. The van der Waals surface area contributed by atoms with E-state index in [2.05, 4.69) is 10.4 Å². The van der Waals surface area contributed by atoms with Gasteiger partial charge in [0.1, 0.15) is 0 Å². The summed E-state index contributed by atoms with van der Waals surface area (Å²) >= 11 is 5.67. The Labute approximate surface area is 106 Å². The predicted octanol–water partition coefficient (Wildman–Crippen LogP) is 1.10. The molecule has 0 aliphatic heterocycles. The van der Waals surface area contributed by atoms with Crippen molar-refractivity contribution in [1.29, 1.82) is 0 Å². The summed E-state index contributed by atoms with van der Waals surface area (Å²) in [4.78, 5) is 12.0. The van der Waals surface area contributed by atoms with Gasteiger partial charge in [0.25, 0.3) is 5.91 Å². The Morgan fingerprint density at radius 1 is 1.71 bits per heavy atom. The molecule has 0 aliphatic carbocycles. The quantitative estimate of drug-likeness (QED) is 0.779. The van der Waals surface area contributed by atoms with Crippen LogP contribution >= 0.6 is 11.6 Å². The minimum atomic E-state index is -0.136. The lowest BCUT2D eigenvalue weighted by Crippen LogP contribution is -2.38. The Hall–Kier alpha value is -1.07. The largest absolute Gasteiger partial charge is 0.383 e. The third-order valence-electron chi connectivity index (χ3n) is 2.64. The fourth-order valence-corrected chi connectivity index (χ4v) is 1.78. The molecule has 17 heavy (non-hydrogen) atoms. The summed E-state index contributed by atoms with van der Waals surface area (Å²) in [6, 6.07) is -0.0652. The van der Waals surface area contributed by atoms with E-state index in [1.807, 2.05) is 6.92 Å². The number of carbonyl (C=O) groups excluding carboxylic acids is 1. The number of methoxy groups -OCH3 is 1. The maximum absolute atomic E-state index is 12.0. The van der Waals surface area contributed by atoms with Crippen molar-refractivity contribution >= 4 is 17.5 Å². The summed E-state index contributed by atoms with van der Waals surface area (Å²) in [6.45, 7) is 2.31. The van der Waals surface area contributed by atoms with Crippen LogP contribution in [-0.4, -0.2) is 41.3 Å². The Bertz CT molecular complexity index is 373. The molecule has 1 rings (SSSR count). The van der Waals surface area contributed by atoms with Crippen LogP contribution in [0.4, 0.5) is 0 Å². The Balaban J connectivity index is 2.66. The van der Waals surface area contributed by atoms with Gasteiger partial charge in [0.2, 0.25) is 0 Å². The van der Waals surface area contributed by atoms with Crippen LogP contribution in [0.2, 0.25) is 0 Å². The molecule has 0 saturated heterocycles. The van der Waals surface area contributed by atoms with Gasteiger partial charge in [-0.1, -0.05) is 0 Å². The maximum Gasteiger partial charge on any atom is 0.255 e. The molecule has 0 bridgehead atoms. The normalized spacial score (nSPS) is 12.5. The summed E-state index contributed by atoms with van der Waals surface area (Å²) in [5.41, 5.74) is 1.42. The second kappa shape index (κ2) is 6.61. The van der Waals surface area contributed by atoms with Gasteiger partial charge in [-0.15, -0.1) is 11.6 Å². The molecule has 1 aromatic heterocycles. The SMILES string of the molecule is COCC(CCCl)NC(=O)c1cnn(C)c1C. The van der Waals surface area contributed by atoms with Crippen LogP contribution in [0, 0.1) is 6.92 Å². The highest BCUT2D eigenvalue weighted by molar-refractivity contribution is 6.17. The first-order chi connectivity index (χ1) is 8.10. The van der Waals surface area contributed by atoms with Crippen LogP contribution in [0.3, 0.4) is 0 Å². The van der Waals surface area contributed by atoms with Gasteiger partial charge in [0.05, 0.1) is 24.4 Å². The molecule has 1 amide bonds. The number of hydrogen-bond donors (Lipinski definition) is 1. The van der Waals surface area contributed by atoms with Crippen LogP contribution < -0.4 is 5.32 Å². The highest BCUT2D eigenvalue weighted by Crippen LogP contribution is 2.06. The summed E-state index contributed by atoms with van der Waals surface area (Å²) < 4.78 is 6.70. The number of halogens is 1. The van der Waals surface area contributed by atoms with Gasteiger partial charge >= 0.3 is 0 Å². The van der Waals surface area contributed by atoms with Gasteiger partial charge in [0.15, 0.2) is 0 Å². The second-order valence-electron chi connectivity index (χ2n) is 3.87. The van der Waals surface area contributed by atoms with Crippen molar-refractivity contribution in [2.75, 3.05) is 19.6 Å². The van der Waals surface area contributed by atoms with Crippen LogP contribution in [0.5, 0.6) is 0 Å². The van der Waals surface area contributed by atoms with E-state index in [4.69, 9.17) is 16.3 Å². The molecule has 1 unspecified atom stereocenters. The number of carbonyl (C=O) groups is 1. The summed E-state index contributed by atoms with van der Waals surface area (Å²) in [5, 5.41) is 6.92. The molecule has 0 aliphatic rings. The number of aryl methyl sites for hydroxylation is 1. The average Bonchev–Trinajstić information content (AvgIpc) is 2.60. The number of hydrogen-bond acceptors (Lipinski definition) is 3. The van der Waals surface area contributed by atoms with Crippen LogP contribution in [0.15, 0.2) is 6.20 Å². The first-order valence-electron chi connectivity index (χ1n) is 5.44. The van der Waals surface area contributed by atoms with Gasteiger partial charge < -0.3 is 10.1 Å². The van der Waals surface area contributed by atoms with Gasteiger partial charge in [0, 0.05) is 25.7 Å². The molecule has 5 nitrogen and oxygen atoms in total.